The van der Waals surface area contributed by atoms with Crippen LogP contribution in [0.1, 0.15) is 21.7 Å². The number of rotatable bonds is 5. The molecule has 0 spiro atoms. The molecule has 1 aromatic heterocycles. The molecule has 0 aliphatic carbocycles. The smallest absolute Gasteiger partial charge is 0.130 e. The fourth-order valence-electron chi connectivity index (χ4n) is 1.80. The van der Waals surface area contributed by atoms with Gasteiger partial charge in [0.2, 0.25) is 0 Å². The number of thiazole rings is 1. The fraction of sp³-hybridized carbons (Fsp3) is 0.286. The number of nitrogen functional groups attached to an aromatic ring is 1. The van der Waals surface area contributed by atoms with Crippen LogP contribution in [0.25, 0.3) is 0 Å². The Morgan fingerprint density at radius 2 is 2.21 bits per heavy atom. The summed E-state index contributed by atoms with van der Waals surface area (Å²) in [6.45, 7) is 4.53. The Bertz CT molecular complexity index is 592. The Morgan fingerprint density at radius 1 is 1.42 bits per heavy atom. The zero-order valence-electron chi connectivity index (χ0n) is 11.1. The maximum absolute atomic E-state index is 7.57. The van der Waals surface area contributed by atoms with Crippen LogP contribution in [0.3, 0.4) is 0 Å². The summed E-state index contributed by atoms with van der Waals surface area (Å²) < 4.78 is 5.74. The minimum Gasteiger partial charge on any atom is -0.492 e. The van der Waals surface area contributed by atoms with Crippen LogP contribution in [0.4, 0.5) is 0 Å². The number of hydrogen-bond donors (Lipinski definition) is 2. The average molecular weight is 275 g/mol. The van der Waals surface area contributed by atoms with E-state index in [-0.39, 0.29) is 5.84 Å². The van der Waals surface area contributed by atoms with Gasteiger partial charge in [0.25, 0.3) is 0 Å². The second kappa shape index (κ2) is 5.84. The van der Waals surface area contributed by atoms with E-state index in [0.717, 1.165) is 17.7 Å². The van der Waals surface area contributed by atoms with Crippen molar-refractivity contribution in [1.29, 1.82) is 5.41 Å². The molecule has 0 bridgehead atoms. The van der Waals surface area contributed by atoms with Gasteiger partial charge in [-0.3, -0.25) is 5.41 Å². The molecule has 4 nitrogen and oxygen atoms in total. The molecule has 19 heavy (non-hydrogen) atoms. The summed E-state index contributed by atoms with van der Waals surface area (Å²) in [5.41, 5.74) is 10.2. The average Bonchev–Trinajstić information content (AvgIpc) is 2.77. The Kier molecular flexibility index (Phi) is 4.16. The monoisotopic (exact) mass is 275 g/mol. The highest BCUT2D eigenvalue weighted by Gasteiger charge is 2.08. The first kappa shape index (κ1) is 13.5. The Morgan fingerprint density at radius 3 is 2.84 bits per heavy atom. The topological polar surface area (TPSA) is 72.0 Å². The molecule has 0 unspecified atom stereocenters. The Balaban J connectivity index is 2.03. The van der Waals surface area contributed by atoms with Crippen LogP contribution in [0, 0.1) is 19.3 Å². The van der Waals surface area contributed by atoms with Gasteiger partial charge in [-0.15, -0.1) is 11.3 Å². The largest absolute Gasteiger partial charge is 0.492 e. The SMILES string of the molecule is Cc1ccc(OCCc2scnc2C)c(C(=N)N)c1. The van der Waals surface area contributed by atoms with Crippen LogP contribution in [0.15, 0.2) is 23.7 Å². The number of ether oxygens (including phenoxy) is 1. The highest BCUT2D eigenvalue weighted by molar-refractivity contribution is 7.09. The fourth-order valence-corrected chi connectivity index (χ4v) is 2.56. The second-order valence-corrected chi connectivity index (χ2v) is 5.31. The highest BCUT2D eigenvalue weighted by atomic mass is 32.1. The zero-order valence-corrected chi connectivity index (χ0v) is 11.9. The molecular formula is C14H17N3OS. The molecule has 0 amide bonds. The molecule has 3 N–H and O–H groups in total. The summed E-state index contributed by atoms with van der Waals surface area (Å²) in [4.78, 5) is 5.44. The number of amidine groups is 1. The third-order valence-electron chi connectivity index (χ3n) is 2.86. The quantitative estimate of drug-likeness (QED) is 0.651. The standard InChI is InChI=1S/C14H17N3OS/c1-9-3-4-12(11(7-9)14(15)16)18-6-5-13-10(2)17-8-19-13/h3-4,7-8H,5-6H2,1-2H3,(H3,15,16). The molecule has 5 heteroatoms. The zero-order chi connectivity index (χ0) is 13.8. The van der Waals surface area contributed by atoms with Crippen molar-refractivity contribution in [2.45, 2.75) is 20.3 Å². The lowest BCUT2D eigenvalue weighted by Crippen LogP contribution is -2.14. The van der Waals surface area contributed by atoms with Gasteiger partial charge in [0.1, 0.15) is 11.6 Å². The summed E-state index contributed by atoms with van der Waals surface area (Å²) in [6.07, 6.45) is 0.821. The minimum atomic E-state index is 0.0349. The summed E-state index contributed by atoms with van der Waals surface area (Å²) >= 11 is 1.64. The molecule has 0 fully saturated rings. The molecule has 0 atom stereocenters. The van der Waals surface area contributed by atoms with Gasteiger partial charge in [-0.25, -0.2) is 4.98 Å². The van der Waals surface area contributed by atoms with Crippen molar-refractivity contribution in [3.05, 3.63) is 45.4 Å². The summed E-state index contributed by atoms with van der Waals surface area (Å²) in [5.74, 6) is 0.702. The minimum absolute atomic E-state index is 0.0349. The van der Waals surface area contributed by atoms with Crippen molar-refractivity contribution in [3.63, 3.8) is 0 Å². The molecule has 0 aliphatic rings. The lowest BCUT2D eigenvalue weighted by molar-refractivity contribution is 0.322. The van der Waals surface area contributed by atoms with Gasteiger partial charge in [-0.2, -0.15) is 0 Å². The van der Waals surface area contributed by atoms with Crippen LogP contribution < -0.4 is 10.5 Å². The molecule has 0 saturated carbocycles. The predicted molar refractivity (Wildman–Crippen MR) is 78.2 cm³/mol. The first-order chi connectivity index (χ1) is 9.08. The van der Waals surface area contributed by atoms with E-state index in [9.17, 15) is 0 Å². The first-order valence-electron chi connectivity index (χ1n) is 6.04. The molecule has 1 aromatic carbocycles. The number of nitrogens with two attached hydrogens (primary N) is 1. The van der Waals surface area contributed by atoms with Crippen molar-refractivity contribution < 1.29 is 4.74 Å². The van der Waals surface area contributed by atoms with Gasteiger partial charge in [0.15, 0.2) is 0 Å². The first-order valence-corrected chi connectivity index (χ1v) is 6.92. The summed E-state index contributed by atoms with van der Waals surface area (Å²) in [6, 6.07) is 5.70. The maximum atomic E-state index is 7.57. The number of hydrogen-bond acceptors (Lipinski definition) is 4. The van der Waals surface area contributed by atoms with Gasteiger partial charge in [-0.05, 0) is 26.0 Å². The van der Waals surface area contributed by atoms with Crippen molar-refractivity contribution >= 4 is 17.2 Å². The van der Waals surface area contributed by atoms with Gasteiger partial charge in [0, 0.05) is 11.3 Å². The van der Waals surface area contributed by atoms with Gasteiger partial charge >= 0.3 is 0 Å². The second-order valence-electron chi connectivity index (χ2n) is 4.37. The van der Waals surface area contributed by atoms with E-state index in [1.165, 1.54) is 4.88 Å². The lowest BCUT2D eigenvalue weighted by atomic mass is 10.1. The Hall–Kier alpha value is -1.88. The number of benzene rings is 1. The Labute approximate surface area is 116 Å². The van der Waals surface area contributed by atoms with Crippen LogP contribution in [0.5, 0.6) is 5.75 Å². The van der Waals surface area contributed by atoms with Crippen molar-refractivity contribution in [3.8, 4) is 5.75 Å². The molecule has 0 radical (unpaired) electrons. The van der Waals surface area contributed by atoms with Gasteiger partial charge in [0.05, 0.1) is 23.4 Å². The van der Waals surface area contributed by atoms with E-state index in [4.69, 9.17) is 15.9 Å². The predicted octanol–water partition coefficient (Wildman–Crippen LogP) is 2.67. The number of aromatic nitrogens is 1. The molecule has 0 saturated heterocycles. The van der Waals surface area contributed by atoms with Crippen molar-refractivity contribution in [2.24, 2.45) is 5.73 Å². The maximum Gasteiger partial charge on any atom is 0.130 e. The highest BCUT2D eigenvalue weighted by Crippen LogP contribution is 2.20. The van der Waals surface area contributed by atoms with E-state index in [2.05, 4.69) is 4.98 Å². The summed E-state index contributed by atoms with van der Waals surface area (Å²) in [5, 5.41) is 7.57. The summed E-state index contributed by atoms with van der Waals surface area (Å²) in [7, 11) is 0. The van der Waals surface area contributed by atoms with E-state index in [1.54, 1.807) is 11.3 Å². The third-order valence-corrected chi connectivity index (χ3v) is 3.85. The van der Waals surface area contributed by atoms with Crippen molar-refractivity contribution in [2.75, 3.05) is 6.61 Å². The molecule has 0 aliphatic heterocycles. The van der Waals surface area contributed by atoms with Gasteiger partial charge < -0.3 is 10.5 Å². The molecular weight excluding hydrogens is 258 g/mol. The van der Waals surface area contributed by atoms with Crippen LogP contribution in [-0.4, -0.2) is 17.4 Å². The van der Waals surface area contributed by atoms with Crippen LogP contribution in [0.2, 0.25) is 0 Å². The normalized spacial score (nSPS) is 10.4. The molecule has 1 heterocycles. The molecule has 2 aromatic rings. The molecule has 2 rings (SSSR count). The number of nitrogens with one attached hydrogen (secondary N) is 1. The van der Waals surface area contributed by atoms with Gasteiger partial charge in [-0.1, -0.05) is 11.6 Å². The third kappa shape index (κ3) is 3.32. The van der Waals surface area contributed by atoms with E-state index >= 15 is 0 Å². The lowest BCUT2D eigenvalue weighted by Gasteiger charge is -2.11. The van der Waals surface area contributed by atoms with E-state index in [0.29, 0.717) is 17.9 Å². The number of nitrogens with zero attached hydrogens (tertiary/aromatic N) is 1. The number of aryl methyl sites for hydroxylation is 2. The molecule has 100 valence electrons. The van der Waals surface area contributed by atoms with E-state index in [1.807, 2.05) is 37.6 Å². The van der Waals surface area contributed by atoms with Crippen LogP contribution >= 0.6 is 11.3 Å². The van der Waals surface area contributed by atoms with Crippen molar-refractivity contribution in [1.82, 2.24) is 4.98 Å². The van der Waals surface area contributed by atoms with Crippen LogP contribution in [-0.2, 0) is 6.42 Å². The van der Waals surface area contributed by atoms with E-state index < -0.39 is 0 Å².